The Hall–Kier alpha value is -2.79. The van der Waals surface area contributed by atoms with Gasteiger partial charge in [0.15, 0.2) is 0 Å². The molecule has 30 heavy (non-hydrogen) atoms. The van der Waals surface area contributed by atoms with Crippen molar-refractivity contribution >= 4 is 29.1 Å². The smallest absolute Gasteiger partial charge is 0.295 e. The molecule has 0 radical (unpaired) electrons. The summed E-state index contributed by atoms with van der Waals surface area (Å²) in [5.41, 5.74) is 2.44. The van der Waals surface area contributed by atoms with Gasteiger partial charge in [-0.3, -0.25) is 9.59 Å². The number of benzene rings is 2. The lowest BCUT2D eigenvalue weighted by Crippen LogP contribution is -2.37. The summed E-state index contributed by atoms with van der Waals surface area (Å²) in [5, 5.41) is 11.8. The summed E-state index contributed by atoms with van der Waals surface area (Å²) in [4.78, 5) is 27.9. The van der Waals surface area contributed by atoms with Gasteiger partial charge in [-0.15, -0.1) is 0 Å². The largest absolute Gasteiger partial charge is 0.507 e. The Kier molecular flexibility index (Phi) is 4.78. The number of hydrogen-bond acceptors (Lipinski definition) is 4. The molecule has 1 saturated heterocycles. The molecule has 1 aliphatic carbocycles. The van der Waals surface area contributed by atoms with Crippen molar-refractivity contribution < 1.29 is 19.4 Å². The van der Waals surface area contributed by atoms with Crippen LogP contribution in [0, 0.1) is 0 Å². The highest BCUT2D eigenvalue weighted by atomic mass is 35.5. The van der Waals surface area contributed by atoms with Crippen molar-refractivity contribution in [1.82, 2.24) is 4.90 Å². The van der Waals surface area contributed by atoms with E-state index in [4.69, 9.17) is 16.3 Å². The number of aliphatic hydroxyl groups excluding tert-OH is 1. The number of hydrogen-bond donors (Lipinski definition) is 1. The third kappa shape index (κ3) is 3.08. The van der Waals surface area contributed by atoms with Crippen LogP contribution < -0.4 is 4.74 Å². The third-order valence-corrected chi connectivity index (χ3v) is 6.60. The lowest BCUT2D eigenvalue weighted by Gasteiger charge is -2.30. The number of ketones is 1. The number of Topliss-reactive ketones (excluding diaryl/α,β-unsaturated/α-hetero) is 1. The van der Waals surface area contributed by atoms with Crippen LogP contribution in [0.5, 0.6) is 5.75 Å². The molecule has 2 aliphatic heterocycles. The summed E-state index contributed by atoms with van der Waals surface area (Å²) in [5.74, 6) is -0.500. The van der Waals surface area contributed by atoms with Crippen molar-refractivity contribution in [3.8, 4) is 5.75 Å². The minimum atomic E-state index is -0.629. The van der Waals surface area contributed by atoms with Crippen molar-refractivity contribution in [1.29, 1.82) is 0 Å². The zero-order chi connectivity index (χ0) is 20.8. The van der Waals surface area contributed by atoms with Gasteiger partial charge < -0.3 is 14.7 Å². The van der Waals surface area contributed by atoms with E-state index in [9.17, 15) is 14.7 Å². The highest BCUT2D eigenvalue weighted by Gasteiger charge is 2.49. The Balaban J connectivity index is 1.65. The number of likely N-dealkylation sites (tertiary alicyclic amines) is 1. The van der Waals surface area contributed by atoms with Gasteiger partial charge in [-0.05, 0) is 54.3 Å². The molecular formula is C24H22ClNO4. The third-order valence-electron chi connectivity index (χ3n) is 6.35. The van der Waals surface area contributed by atoms with Gasteiger partial charge in [0, 0.05) is 23.0 Å². The normalized spacial score (nSPS) is 23.1. The van der Waals surface area contributed by atoms with E-state index in [1.54, 1.807) is 23.1 Å². The molecule has 0 spiro atoms. The average Bonchev–Trinajstić information content (AvgIpc) is 3.48. The molecular weight excluding hydrogens is 402 g/mol. The molecule has 1 unspecified atom stereocenters. The Bertz CT molecular complexity index is 1050. The molecule has 5 rings (SSSR count). The first kappa shape index (κ1) is 19.2. The lowest BCUT2D eigenvalue weighted by molar-refractivity contribution is -0.141. The first-order valence-electron chi connectivity index (χ1n) is 10.4. The zero-order valence-corrected chi connectivity index (χ0v) is 17.2. The average molecular weight is 424 g/mol. The summed E-state index contributed by atoms with van der Waals surface area (Å²) < 4.78 is 5.54. The SMILES string of the molecule is O=C1C(=O)N(C2CCCC2)C(c2ccc(Cl)cc2)/C1=C(/O)c1ccc2c(c1)CCO2. The number of halogens is 1. The van der Waals surface area contributed by atoms with Gasteiger partial charge in [-0.2, -0.15) is 0 Å². The fourth-order valence-electron chi connectivity index (χ4n) is 4.87. The second-order valence-electron chi connectivity index (χ2n) is 8.12. The minimum absolute atomic E-state index is 0.000786. The predicted octanol–water partition coefficient (Wildman–Crippen LogP) is 4.64. The van der Waals surface area contributed by atoms with E-state index < -0.39 is 17.7 Å². The minimum Gasteiger partial charge on any atom is -0.507 e. The first-order chi connectivity index (χ1) is 14.5. The molecule has 2 fully saturated rings. The number of fused-ring (bicyclic) bond motifs is 1. The maximum atomic E-state index is 13.1. The van der Waals surface area contributed by atoms with E-state index in [2.05, 4.69) is 0 Å². The number of ether oxygens (including phenoxy) is 1. The molecule has 2 aromatic rings. The molecule has 3 aliphatic rings. The molecule has 0 aromatic heterocycles. The monoisotopic (exact) mass is 423 g/mol. The van der Waals surface area contributed by atoms with Crippen LogP contribution in [0.4, 0.5) is 0 Å². The maximum Gasteiger partial charge on any atom is 0.295 e. The Morgan fingerprint density at radius 2 is 1.80 bits per heavy atom. The molecule has 0 bridgehead atoms. The number of carbonyl (C=O) groups excluding carboxylic acids is 2. The molecule has 1 atom stereocenters. The van der Waals surface area contributed by atoms with Crippen LogP contribution in [0.25, 0.3) is 5.76 Å². The van der Waals surface area contributed by atoms with Crippen LogP contribution in [0.1, 0.15) is 48.4 Å². The van der Waals surface area contributed by atoms with Gasteiger partial charge in [0.1, 0.15) is 11.5 Å². The van der Waals surface area contributed by atoms with Crippen molar-refractivity contribution in [3.05, 3.63) is 69.8 Å². The Labute approximate surface area is 179 Å². The maximum absolute atomic E-state index is 13.1. The molecule has 1 amide bonds. The van der Waals surface area contributed by atoms with Crippen molar-refractivity contribution in [3.63, 3.8) is 0 Å². The van der Waals surface area contributed by atoms with Crippen molar-refractivity contribution in [2.24, 2.45) is 0 Å². The van der Waals surface area contributed by atoms with E-state index >= 15 is 0 Å². The fourth-order valence-corrected chi connectivity index (χ4v) is 5.00. The highest BCUT2D eigenvalue weighted by Crippen LogP contribution is 2.44. The Morgan fingerprint density at radius 1 is 1.07 bits per heavy atom. The zero-order valence-electron chi connectivity index (χ0n) is 16.4. The molecule has 1 N–H and O–H groups in total. The van der Waals surface area contributed by atoms with Crippen LogP contribution in [0.2, 0.25) is 5.02 Å². The molecule has 1 saturated carbocycles. The molecule has 6 heteroatoms. The van der Waals surface area contributed by atoms with Crippen LogP contribution >= 0.6 is 11.6 Å². The van der Waals surface area contributed by atoms with E-state index in [1.165, 1.54) is 0 Å². The second-order valence-corrected chi connectivity index (χ2v) is 8.55. The molecule has 2 aromatic carbocycles. The molecule has 154 valence electrons. The van der Waals surface area contributed by atoms with Crippen LogP contribution in [0.3, 0.4) is 0 Å². The van der Waals surface area contributed by atoms with E-state index in [-0.39, 0.29) is 17.4 Å². The van der Waals surface area contributed by atoms with Gasteiger partial charge in [-0.25, -0.2) is 0 Å². The van der Waals surface area contributed by atoms with Crippen LogP contribution in [0.15, 0.2) is 48.0 Å². The van der Waals surface area contributed by atoms with E-state index in [1.807, 2.05) is 24.3 Å². The number of nitrogens with zero attached hydrogens (tertiary/aromatic N) is 1. The van der Waals surface area contributed by atoms with Gasteiger partial charge >= 0.3 is 0 Å². The number of aliphatic hydroxyl groups is 1. The lowest BCUT2D eigenvalue weighted by atomic mass is 9.94. The van der Waals surface area contributed by atoms with E-state index in [0.29, 0.717) is 17.2 Å². The summed E-state index contributed by atoms with van der Waals surface area (Å²) >= 11 is 6.07. The standard InChI is InChI=1S/C24H22ClNO4/c25-17-8-5-14(6-9-17)21-20(23(28)24(29)26(21)18-3-1-2-4-18)22(27)16-7-10-19-15(13-16)11-12-30-19/h5-10,13,18,21,27H,1-4,11-12H2/b22-20-. The van der Waals surface area contributed by atoms with Crippen molar-refractivity contribution in [2.75, 3.05) is 6.61 Å². The quantitative estimate of drug-likeness (QED) is 0.443. The Morgan fingerprint density at radius 3 is 2.53 bits per heavy atom. The van der Waals surface area contributed by atoms with Gasteiger partial charge in [0.2, 0.25) is 0 Å². The van der Waals surface area contributed by atoms with Crippen molar-refractivity contribution in [2.45, 2.75) is 44.2 Å². The molecule has 5 nitrogen and oxygen atoms in total. The number of carbonyl (C=O) groups is 2. The van der Waals surface area contributed by atoms with Gasteiger partial charge in [0.25, 0.3) is 11.7 Å². The summed E-state index contributed by atoms with van der Waals surface area (Å²) in [6.45, 7) is 0.608. The van der Waals surface area contributed by atoms with Crippen LogP contribution in [-0.4, -0.2) is 34.3 Å². The second kappa shape index (κ2) is 7.47. The first-order valence-corrected chi connectivity index (χ1v) is 10.7. The topological polar surface area (TPSA) is 66.8 Å². The number of rotatable bonds is 3. The predicted molar refractivity (Wildman–Crippen MR) is 113 cm³/mol. The van der Waals surface area contributed by atoms with Crippen LogP contribution in [-0.2, 0) is 16.0 Å². The fraction of sp³-hybridized carbons (Fsp3) is 0.333. The number of amides is 1. The summed E-state index contributed by atoms with van der Waals surface area (Å²) in [7, 11) is 0. The highest BCUT2D eigenvalue weighted by molar-refractivity contribution is 6.46. The molecule has 2 heterocycles. The van der Waals surface area contributed by atoms with Gasteiger partial charge in [-0.1, -0.05) is 36.6 Å². The summed E-state index contributed by atoms with van der Waals surface area (Å²) in [6.07, 6.45) is 4.56. The van der Waals surface area contributed by atoms with Gasteiger partial charge in [0.05, 0.1) is 18.2 Å². The van der Waals surface area contributed by atoms with E-state index in [0.717, 1.165) is 49.0 Å². The summed E-state index contributed by atoms with van der Waals surface area (Å²) in [6, 6.07) is 11.9.